The molecule has 3 heterocycles. The van der Waals surface area contributed by atoms with Crippen molar-refractivity contribution in [2.45, 2.75) is 19.3 Å². The van der Waals surface area contributed by atoms with E-state index in [4.69, 9.17) is 0 Å². The third-order valence-electron chi connectivity index (χ3n) is 12.0. The molecule has 0 fully saturated rings. The van der Waals surface area contributed by atoms with Gasteiger partial charge in [-0.3, -0.25) is 0 Å². The molecule has 0 radical (unpaired) electrons. The monoisotopic (exact) mass is 723 g/mol. The van der Waals surface area contributed by atoms with Gasteiger partial charge in [-0.15, -0.1) is 22.7 Å². The van der Waals surface area contributed by atoms with Gasteiger partial charge in [0.15, 0.2) is 0 Å². The Hall–Kier alpha value is -6.00. The predicted molar refractivity (Wildman–Crippen MR) is 235 cm³/mol. The van der Waals surface area contributed by atoms with E-state index in [1.54, 1.807) is 0 Å². The Balaban J connectivity index is 0.974. The van der Waals surface area contributed by atoms with Crippen LogP contribution < -0.4 is 0 Å². The summed E-state index contributed by atoms with van der Waals surface area (Å²) in [5.74, 6) is 0. The van der Waals surface area contributed by atoms with Gasteiger partial charge >= 0.3 is 0 Å². The second kappa shape index (κ2) is 11.0. The van der Waals surface area contributed by atoms with Gasteiger partial charge in [0.1, 0.15) is 0 Å². The maximum Gasteiger partial charge on any atom is 0.0541 e. The number of nitrogens with zero attached hydrogens (tertiary/aromatic N) is 1. The number of rotatable bonds is 3. The minimum absolute atomic E-state index is 0.00293. The molecule has 0 unspecified atom stereocenters. The van der Waals surface area contributed by atoms with E-state index in [9.17, 15) is 0 Å². The van der Waals surface area contributed by atoms with Crippen LogP contribution in [0.25, 0.3) is 101 Å². The van der Waals surface area contributed by atoms with Gasteiger partial charge in [-0.2, -0.15) is 0 Å². The summed E-state index contributed by atoms with van der Waals surface area (Å²) in [6.45, 7) is 4.74. The predicted octanol–water partition coefficient (Wildman–Crippen LogP) is 15.2. The van der Waals surface area contributed by atoms with Crippen LogP contribution in [-0.2, 0) is 5.41 Å². The van der Waals surface area contributed by atoms with Crippen molar-refractivity contribution < 1.29 is 0 Å². The van der Waals surface area contributed by atoms with Gasteiger partial charge in [0.2, 0.25) is 0 Å². The molecule has 0 spiro atoms. The van der Waals surface area contributed by atoms with Crippen LogP contribution in [0.1, 0.15) is 25.0 Å². The van der Waals surface area contributed by atoms with Crippen LogP contribution in [0.3, 0.4) is 0 Å². The molecule has 1 aliphatic rings. The quantitative estimate of drug-likeness (QED) is 0.171. The number of benzene rings is 8. The summed E-state index contributed by atoms with van der Waals surface area (Å²) >= 11 is 3.83. The minimum Gasteiger partial charge on any atom is -0.309 e. The third-order valence-corrected chi connectivity index (χ3v) is 14.5. The van der Waals surface area contributed by atoms with Gasteiger partial charge in [0.05, 0.1) is 11.0 Å². The highest BCUT2D eigenvalue weighted by molar-refractivity contribution is 7.27. The van der Waals surface area contributed by atoms with Crippen molar-refractivity contribution in [2.75, 3.05) is 0 Å². The van der Waals surface area contributed by atoms with Crippen molar-refractivity contribution in [2.24, 2.45) is 0 Å². The van der Waals surface area contributed by atoms with Crippen LogP contribution in [0.2, 0.25) is 0 Å². The molecule has 12 rings (SSSR count). The lowest BCUT2D eigenvalue weighted by molar-refractivity contribution is 0.661. The van der Waals surface area contributed by atoms with Crippen molar-refractivity contribution in [3.63, 3.8) is 0 Å². The Kier molecular flexibility index (Phi) is 6.22. The Labute approximate surface area is 321 Å². The van der Waals surface area contributed by atoms with Gasteiger partial charge in [-0.25, -0.2) is 0 Å². The Morgan fingerprint density at radius 3 is 1.94 bits per heavy atom. The highest BCUT2D eigenvalue weighted by atomic mass is 32.1. The third kappa shape index (κ3) is 4.14. The summed E-state index contributed by atoms with van der Waals surface area (Å²) in [6.07, 6.45) is 0. The van der Waals surface area contributed by atoms with Crippen LogP contribution in [0, 0.1) is 0 Å². The molecule has 1 nitrogen and oxygen atoms in total. The molecule has 0 N–H and O–H groups in total. The smallest absolute Gasteiger partial charge is 0.0541 e. The number of thiophene rings is 2. The number of para-hydroxylation sites is 1. The molecule has 54 heavy (non-hydrogen) atoms. The maximum atomic E-state index is 2.43. The molecule has 3 aromatic heterocycles. The van der Waals surface area contributed by atoms with E-state index < -0.39 is 0 Å². The van der Waals surface area contributed by atoms with Crippen LogP contribution >= 0.6 is 22.7 Å². The van der Waals surface area contributed by atoms with Crippen LogP contribution in [-0.4, -0.2) is 4.57 Å². The largest absolute Gasteiger partial charge is 0.309 e. The van der Waals surface area contributed by atoms with E-state index in [1.807, 2.05) is 22.7 Å². The average Bonchev–Trinajstić information content (AvgIpc) is 3.94. The highest BCUT2D eigenvalue weighted by Crippen LogP contribution is 2.54. The molecule has 3 heteroatoms. The Morgan fingerprint density at radius 2 is 1.06 bits per heavy atom. The first kappa shape index (κ1) is 30.5. The summed E-state index contributed by atoms with van der Waals surface area (Å²) in [7, 11) is 0. The van der Waals surface area contributed by atoms with E-state index >= 15 is 0 Å². The fraction of sp³-hybridized carbons (Fsp3) is 0.0588. The summed E-state index contributed by atoms with van der Waals surface area (Å²) in [5.41, 5.74) is 14.3. The van der Waals surface area contributed by atoms with E-state index in [2.05, 4.69) is 182 Å². The fourth-order valence-electron chi connectivity index (χ4n) is 9.40. The molecule has 254 valence electrons. The Morgan fingerprint density at radius 1 is 0.407 bits per heavy atom. The lowest BCUT2D eigenvalue weighted by Crippen LogP contribution is -2.14. The molecule has 0 saturated carbocycles. The van der Waals surface area contributed by atoms with Crippen molar-refractivity contribution >= 4 is 84.8 Å². The van der Waals surface area contributed by atoms with Crippen LogP contribution in [0.4, 0.5) is 0 Å². The molecule has 0 aliphatic heterocycles. The van der Waals surface area contributed by atoms with Gasteiger partial charge in [-0.05, 0) is 87.5 Å². The number of fused-ring (bicyclic) bond motifs is 13. The molecule has 8 aromatic carbocycles. The second-order valence-corrected chi connectivity index (χ2v) is 17.4. The minimum atomic E-state index is -0.00293. The molecular weight excluding hydrogens is 691 g/mol. The highest BCUT2D eigenvalue weighted by Gasteiger charge is 2.36. The first-order valence-corrected chi connectivity index (χ1v) is 20.3. The molecule has 0 saturated heterocycles. The zero-order chi connectivity index (χ0) is 35.7. The standard InChI is InChI=1S/C51H33NS2/c1-51(2)42-15-6-3-12-39(42)48-43(51)25-24-38-37-14-9-13-34(49(37)54-50(38)48)30-18-22-33(23-19-30)52-44-16-7-4-10-35(44)40-28-31(20-26-45(40)52)32-21-27-47-41(29-32)36-11-5-8-17-46(36)53-47/h3-29H,1-2H3. The lowest BCUT2D eigenvalue weighted by atomic mass is 9.82. The Bertz CT molecular complexity index is 3350. The number of aromatic nitrogens is 1. The summed E-state index contributed by atoms with van der Waals surface area (Å²) in [4.78, 5) is 0. The van der Waals surface area contributed by atoms with E-state index in [0.717, 1.165) is 0 Å². The van der Waals surface area contributed by atoms with Crippen molar-refractivity contribution in [3.8, 4) is 39.1 Å². The van der Waals surface area contributed by atoms with Gasteiger partial charge in [0, 0.05) is 67.8 Å². The van der Waals surface area contributed by atoms with E-state index in [0.29, 0.717) is 0 Å². The topological polar surface area (TPSA) is 4.93 Å². The van der Waals surface area contributed by atoms with Crippen LogP contribution in [0.15, 0.2) is 164 Å². The van der Waals surface area contributed by atoms with Crippen molar-refractivity contribution in [3.05, 3.63) is 175 Å². The van der Waals surface area contributed by atoms with E-state index in [-0.39, 0.29) is 5.41 Å². The van der Waals surface area contributed by atoms with Gasteiger partial charge in [-0.1, -0.05) is 129 Å². The molecule has 0 bridgehead atoms. The SMILES string of the molecule is CC1(C)c2ccccc2-c2c1ccc1c2sc2c(-c3ccc(-n4c5ccccc5c5cc(-c6ccc7sc8ccccc8c7c6)ccc54)cc3)cccc21. The number of hydrogen-bond donors (Lipinski definition) is 0. The van der Waals surface area contributed by atoms with Crippen molar-refractivity contribution in [1.29, 1.82) is 0 Å². The first-order chi connectivity index (χ1) is 26.5. The maximum absolute atomic E-state index is 2.43. The fourth-order valence-corrected chi connectivity index (χ4v) is 11.9. The van der Waals surface area contributed by atoms with Crippen LogP contribution in [0.5, 0.6) is 0 Å². The average molecular weight is 724 g/mol. The van der Waals surface area contributed by atoms with Gasteiger partial charge < -0.3 is 4.57 Å². The summed E-state index contributed by atoms with van der Waals surface area (Å²) < 4.78 is 7.86. The molecule has 0 atom stereocenters. The first-order valence-electron chi connectivity index (χ1n) is 18.7. The number of hydrogen-bond acceptors (Lipinski definition) is 2. The summed E-state index contributed by atoms with van der Waals surface area (Å²) in [6, 6.07) is 61.3. The van der Waals surface area contributed by atoms with Crippen molar-refractivity contribution in [1.82, 2.24) is 4.57 Å². The van der Waals surface area contributed by atoms with E-state index in [1.165, 1.54) is 112 Å². The van der Waals surface area contributed by atoms with Gasteiger partial charge in [0.25, 0.3) is 0 Å². The molecular formula is C51H33NS2. The molecule has 1 aliphatic carbocycles. The summed E-state index contributed by atoms with van der Waals surface area (Å²) in [5, 5.41) is 7.91. The second-order valence-electron chi connectivity index (χ2n) is 15.3. The lowest BCUT2D eigenvalue weighted by Gasteiger charge is -2.21. The zero-order valence-electron chi connectivity index (χ0n) is 29.9. The molecule has 0 amide bonds. The molecule has 11 aromatic rings. The zero-order valence-corrected chi connectivity index (χ0v) is 31.5. The normalized spacial score (nSPS) is 13.5.